The van der Waals surface area contributed by atoms with Gasteiger partial charge in [0.1, 0.15) is 11.4 Å². The van der Waals surface area contributed by atoms with Gasteiger partial charge in [0.15, 0.2) is 5.75 Å². The van der Waals surface area contributed by atoms with Crippen molar-refractivity contribution in [3.05, 3.63) is 56.9 Å². The highest BCUT2D eigenvalue weighted by Crippen LogP contribution is 2.40. The van der Waals surface area contributed by atoms with Crippen molar-refractivity contribution in [1.82, 2.24) is 9.80 Å². The molecule has 3 amide bonds. The van der Waals surface area contributed by atoms with Crippen molar-refractivity contribution < 1.29 is 31.7 Å². The number of rotatable bonds is 8. The number of carbonyl (C=O) groups excluding carboxylic acids is 3. The van der Waals surface area contributed by atoms with Gasteiger partial charge in [-0.15, -0.1) is 0 Å². The first-order valence-corrected chi connectivity index (χ1v) is 14.3. The van der Waals surface area contributed by atoms with Gasteiger partial charge in [0, 0.05) is 18.1 Å². The Balaban J connectivity index is 1.58. The highest BCUT2D eigenvalue weighted by molar-refractivity contribution is 8.18. The number of nitrogens with zero attached hydrogens (tertiary/aromatic N) is 2. The monoisotopic (exact) mass is 584 g/mol. The Kier molecular flexibility index (Phi) is 8.37. The van der Waals surface area contributed by atoms with Crippen molar-refractivity contribution in [1.29, 1.82) is 0 Å². The molecule has 37 heavy (non-hydrogen) atoms. The lowest BCUT2D eigenvalue weighted by Crippen LogP contribution is -2.40. The molecular weight excluding hydrogens is 563 g/mol. The Hall–Kier alpha value is -2.73. The van der Waals surface area contributed by atoms with Crippen LogP contribution in [0.5, 0.6) is 11.5 Å². The van der Waals surface area contributed by atoms with Crippen LogP contribution in [0, 0.1) is 0 Å². The van der Waals surface area contributed by atoms with Crippen LogP contribution < -0.4 is 8.92 Å². The Morgan fingerprint density at radius 3 is 2.43 bits per heavy atom. The molecule has 2 aromatic carbocycles. The summed E-state index contributed by atoms with van der Waals surface area (Å²) in [6.07, 6.45) is 3.23. The van der Waals surface area contributed by atoms with E-state index in [0.717, 1.165) is 17.7 Å². The maximum absolute atomic E-state index is 12.9. The van der Waals surface area contributed by atoms with Crippen molar-refractivity contribution in [3.8, 4) is 11.5 Å². The SMILES string of the molecule is CCOc1cc(/C=C2\SC(=O)N(CC(=O)N3CCCC3)C2=O)cc(Cl)c1OS(=O)(=O)c1ccc(Cl)cc1. The molecule has 2 aromatic rings. The zero-order valence-corrected chi connectivity index (χ0v) is 22.8. The topological polar surface area (TPSA) is 110 Å². The summed E-state index contributed by atoms with van der Waals surface area (Å²) in [5.74, 6) is -1.06. The molecule has 0 bridgehead atoms. The lowest BCUT2D eigenvalue weighted by Gasteiger charge is -2.18. The van der Waals surface area contributed by atoms with Crippen molar-refractivity contribution in [2.75, 3.05) is 26.2 Å². The van der Waals surface area contributed by atoms with Crippen LogP contribution in [0.3, 0.4) is 0 Å². The maximum atomic E-state index is 12.9. The van der Waals surface area contributed by atoms with Crippen LogP contribution >= 0.6 is 35.0 Å². The fourth-order valence-electron chi connectivity index (χ4n) is 3.76. The molecule has 0 aliphatic carbocycles. The summed E-state index contributed by atoms with van der Waals surface area (Å²) in [7, 11) is -4.25. The lowest BCUT2D eigenvalue weighted by molar-refractivity contribution is -0.135. The number of amides is 3. The molecule has 13 heteroatoms. The Morgan fingerprint density at radius 1 is 1.11 bits per heavy atom. The van der Waals surface area contributed by atoms with Crippen molar-refractivity contribution >= 4 is 68.2 Å². The number of likely N-dealkylation sites (tertiary alicyclic amines) is 1. The molecule has 0 radical (unpaired) electrons. The summed E-state index contributed by atoms with van der Waals surface area (Å²) in [6, 6.07) is 8.26. The minimum absolute atomic E-state index is 0.0298. The van der Waals surface area contributed by atoms with Gasteiger partial charge >= 0.3 is 10.1 Å². The summed E-state index contributed by atoms with van der Waals surface area (Å²) in [5, 5.41) is -0.270. The lowest BCUT2D eigenvalue weighted by atomic mass is 10.2. The van der Waals surface area contributed by atoms with Gasteiger partial charge in [-0.25, -0.2) is 0 Å². The van der Waals surface area contributed by atoms with E-state index >= 15 is 0 Å². The molecule has 0 atom stereocenters. The summed E-state index contributed by atoms with van der Waals surface area (Å²) < 4.78 is 36.4. The largest absolute Gasteiger partial charge is 0.490 e. The first-order chi connectivity index (χ1) is 17.6. The second-order valence-corrected chi connectivity index (χ2v) is 11.5. The number of imide groups is 1. The van der Waals surface area contributed by atoms with E-state index in [2.05, 4.69) is 0 Å². The second kappa shape index (κ2) is 11.3. The van der Waals surface area contributed by atoms with E-state index in [1.54, 1.807) is 11.8 Å². The van der Waals surface area contributed by atoms with E-state index in [1.165, 1.54) is 42.5 Å². The molecular formula is C24H22Cl2N2O7S2. The zero-order chi connectivity index (χ0) is 26.7. The summed E-state index contributed by atoms with van der Waals surface area (Å²) in [6.45, 7) is 2.78. The van der Waals surface area contributed by atoms with E-state index in [9.17, 15) is 22.8 Å². The van der Waals surface area contributed by atoms with Gasteiger partial charge in [-0.05, 0) is 79.6 Å². The number of hydrogen-bond donors (Lipinski definition) is 0. The average Bonchev–Trinajstić information content (AvgIpc) is 3.47. The maximum Gasteiger partial charge on any atom is 0.339 e. The number of ether oxygens (including phenoxy) is 1. The minimum atomic E-state index is -4.25. The van der Waals surface area contributed by atoms with Crippen LogP contribution in [-0.2, 0) is 19.7 Å². The van der Waals surface area contributed by atoms with Crippen LogP contribution in [0.4, 0.5) is 4.79 Å². The molecule has 0 N–H and O–H groups in total. The standard InChI is InChI=1S/C24H22Cl2N2O7S2/c1-2-34-19-12-15(11-18(26)22(19)35-37(32,33)17-7-5-16(25)6-8-17)13-20-23(30)28(24(31)36-20)14-21(29)27-9-3-4-10-27/h5-8,11-13H,2-4,9-10,14H2,1H3/b20-13-. The first-order valence-electron chi connectivity index (χ1n) is 11.3. The van der Waals surface area contributed by atoms with E-state index < -0.39 is 21.3 Å². The first kappa shape index (κ1) is 27.3. The van der Waals surface area contributed by atoms with Crippen molar-refractivity contribution in [2.24, 2.45) is 0 Å². The van der Waals surface area contributed by atoms with Crippen LogP contribution in [-0.4, -0.2) is 61.5 Å². The number of hydrogen-bond acceptors (Lipinski definition) is 8. The molecule has 2 fully saturated rings. The van der Waals surface area contributed by atoms with Gasteiger partial charge < -0.3 is 13.8 Å². The normalized spacial score (nSPS) is 17.1. The average molecular weight is 585 g/mol. The summed E-state index contributed by atoms with van der Waals surface area (Å²) >= 11 is 12.9. The molecule has 2 aliphatic rings. The van der Waals surface area contributed by atoms with Crippen LogP contribution in [0.2, 0.25) is 10.0 Å². The van der Waals surface area contributed by atoms with E-state index in [0.29, 0.717) is 35.4 Å². The Morgan fingerprint density at radius 2 is 1.78 bits per heavy atom. The van der Waals surface area contributed by atoms with Gasteiger partial charge in [-0.1, -0.05) is 23.2 Å². The van der Waals surface area contributed by atoms with E-state index in [1.807, 2.05) is 0 Å². The molecule has 4 rings (SSSR count). The van der Waals surface area contributed by atoms with Gasteiger partial charge in [0.05, 0.1) is 16.5 Å². The smallest absolute Gasteiger partial charge is 0.339 e. The number of carbonyl (C=O) groups is 3. The van der Waals surface area contributed by atoms with Gasteiger partial charge in [0.25, 0.3) is 11.1 Å². The van der Waals surface area contributed by atoms with Gasteiger partial charge in [-0.3, -0.25) is 19.3 Å². The zero-order valence-electron chi connectivity index (χ0n) is 19.6. The number of benzene rings is 2. The minimum Gasteiger partial charge on any atom is -0.490 e. The third kappa shape index (κ3) is 6.23. The van der Waals surface area contributed by atoms with Crippen LogP contribution in [0.25, 0.3) is 6.08 Å². The molecule has 2 aliphatic heterocycles. The van der Waals surface area contributed by atoms with Gasteiger partial charge in [0.2, 0.25) is 11.7 Å². The fraction of sp³-hybridized carbons (Fsp3) is 0.292. The molecule has 0 aromatic heterocycles. The predicted molar refractivity (Wildman–Crippen MR) is 140 cm³/mol. The van der Waals surface area contributed by atoms with E-state index in [4.69, 9.17) is 32.1 Å². The third-order valence-electron chi connectivity index (χ3n) is 5.55. The molecule has 0 spiro atoms. The van der Waals surface area contributed by atoms with Crippen LogP contribution in [0.1, 0.15) is 25.3 Å². The quantitative estimate of drug-likeness (QED) is 0.321. The Bertz CT molecular complexity index is 1370. The fourth-order valence-corrected chi connectivity index (χ4v) is 5.99. The third-order valence-corrected chi connectivity index (χ3v) is 8.23. The van der Waals surface area contributed by atoms with Crippen LogP contribution in [0.15, 0.2) is 46.2 Å². The highest BCUT2D eigenvalue weighted by atomic mass is 35.5. The molecule has 0 saturated carbocycles. The van der Waals surface area contributed by atoms with E-state index in [-0.39, 0.29) is 45.4 Å². The number of thioether (sulfide) groups is 1. The summed E-state index contributed by atoms with van der Waals surface area (Å²) in [4.78, 5) is 40.3. The summed E-state index contributed by atoms with van der Waals surface area (Å²) in [5.41, 5.74) is 0.376. The second-order valence-electron chi connectivity index (χ2n) is 8.11. The molecule has 9 nitrogen and oxygen atoms in total. The Labute approximate surface area is 228 Å². The molecule has 2 saturated heterocycles. The predicted octanol–water partition coefficient (Wildman–Crippen LogP) is 4.82. The molecule has 196 valence electrons. The van der Waals surface area contributed by atoms with Crippen molar-refractivity contribution in [2.45, 2.75) is 24.7 Å². The molecule has 0 unspecified atom stereocenters. The van der Waals surface area contributed by atoms with Gasteiger partial charge in [-0.2, -0.15) is 8.42 Å². The van der Waals surface area contributed by atoms with Crippen molar-refractivity contribution in [3.63, 3.8) is 0 Å². The highest BCUT2D eigenvalue weighted by Gasteiger charge is 2.37. The molecule has 2 heterocycles. The number of halogens is 2.